The van der Waals surface area contributed by atoms with E-state index >= 15 is 0 Å². The maximum absolute atomic E-state index is 9.49. The van der Waals surface area contributed by atoms with Gasteiger partial charge in [0.05, 0.1) is 11.5 Å². The second-order valence-electron chi connectivity index (χ2n) is 2.94. The van der Waals surface area contributed by atoms with Crippen LogP contribution in [0.4, 0.5) is 0 Å². The topological polar surface area (TPSA) is 20.2 Å². The zero-order valence-corrected chi connectivity index (χ0v) is 8.56. The molecule has 1 aromatic carbocycles. The standard InChI is InChI=1S/C12H13ClO/c1-2-11(13)12(14)9-8-10-6-4-3-5-7-10/h2-9,11-12,14H,1H2/b9-8+/t11-,12-/m1/s1. The highest BCUT2D eigenvalue weighted by atomic mass is 35.5. The highest BCUT2D eigenvalue weighted by Crippen LogP contribution is 2.08. The quantitative estimate of drug-likeness (QED) is 0.596. The fourth-order valence-electron chi connectivity index (χ4n) is 1.02. The SMILES string of the molecule is C=C[C@@H](Cl)[C@H](O)/C=C/c1ccccc1. The molecule has 1 aromatic rings. The van der Waals surface area contributed by atoms with Gasteiger partial charge < -0.3 is 5.11 Å². The minimum atomic E-state index is -0.686. The predicted molar refractivity (Wildman–Crippen MR) is 61.3 cm³/mol. The Bertz CT molecular complexity index is 305. The van der Waals surface area contributed by atoms with Crippen LogP contribution in [0, 0.1) is 0 Å². The van der Waals surface area contributed by atoms with E-state index in [0.29, 0.717) is 0 Å². The normalized spacial score (nSPS) is 15.3. The van der Waals surface area contributed by atoms with Crippen LogP contribution in [0.3, 0.4) is 0 Å². The van der Waals surface area contributed by atoms with Crippen LogP contribution in [0.1, 0.15) is 5.56 Å². The molecule has 0 aliphatic rings. The summed E-state index contributed by atoms with van der Waals surface area (Å²) in [7, 11) is 0. The average Bonchev–Trinajstić information content (AvgIpc) is 2.26. The molecule has 0 saturated heterocycles. The molecule has 1 rings (SSSR count). The summed E-state index contributed by atoms with van der Waals surface area (Å²) in [5.74, 6) is 0. The summed E-state index contributed by atoms with van der Waals surface area (Å²) >= 11 is 5.76. The number of rotatable bonds is 4. The minimum absolute atomic E-state index is 0.435. The van der Waals surface area contributed by atoms with Gasteiger partial charge in [-0.05, 0) is 5.56 Å². The molecule has 0 spiro atoms. The minimum Gasteiger partial charge on any atom is -0.387 e. The van der Waals surface area contributed by atoms with Gasteiger partial charge in [-0.15, -0.1) is 18.2 Å². The van der Waals surface area contributed by atoms with E-state index in [1.54, 1.807) is 6.08 Å². The molecule has 14 heavy (non-hydrogen) atoms. The first kappa shape index (κ1) is 11.0. The maximum atomic E-state index is 9.49. The van der Waals surface area contributed by atoms with Crippen LogP contribution in [0.15, 0.2) is 49.1 Å². The monoisotopic (exact) mass is 208 g/mol. The van der Waals surface area contributed by atoms with Gasteiger partial charge in [0.1, 0.15) is 0 Å². The van der Waals surface area contributed by atoms with Gasteiger partial charge in [-0.1, -0.05) is 48.6 Å². The Morgan fingerprint density at radius 2 is 1.93 bits per heavy atom. The maximum Gasteiger partial charge on any atom is 0.0922 e. The fourth-order valence-corrected chi connectivity index (χ4v) is 1.10. The first-order chi connectivity index (χ1) is 6.74. The van der Waals surface area contributed by atoms with Gasteiger partial charge >= 0.3 is 0 Å². The molecule has 0 aliphatic carbocycles. The number of aliphatic hydroxyl groups excluding tert-OH is 1. The molecular weight excluding hydrogens is 196 g/mol. The highest BCUT2D eigenvalue weighted by Gasteiger charge is 2.07. The Labute approximate surface area is 89.3 Å². The van der Waals surface area contributed by atoms with Crippen molar-refractivity contribution in [3.63, 3.8) is 0 Å². The summed E-state index contributed by atoms with van der Waals surface area (Å²) in [6.07, 6.45) is 4.33. The van der Waals surface area contributed by atoms with Crippen LogP contribution in [0.2, 0.25) is 0 Å². The molecule has 2 heteroatoms. The molecule has 0 aromatic heterocycles. The summed E-state index contributed by atoms with van der Waals surface area (Å²) in [6, 6.07) is 9.75. The smallest absolute Gasteiger partial charge is 0.0922 e. The molecule has 74 valence electrons. The number of halogens is 1. The van der Waals surface area contributed by atoms with Gasteiger partial charge in [-0.3, -0.25) is 0 Å². The third-order valence-electron chi connectivity index (χ3n) is 1.84. The van der Waals surface area contributed by atoms with Crippen molar-refractivity contribution in [2.24, 2.45) is 0 Å². The summed E-state index contributed by atoms with van der Waals surface area (Å²) in [5.41, 5.74) is 1.04. The van der Waals surface area contributed by atoms with Crippen LogP contribution in [-0.4, -0.2) is 16.6 Å². The Morgan fingerprint density at radius 3 is 2.50 bits per heavy atom. The van der Waals surface area contributed by atoms with Gasteiger partial charge in [0.2, 0.25) is 0 Å². The van der Waals surface area contributed by atoms with Crippen LogP contribution in [0.5, 0.6) is 0 Å². The number of hydrogen-bond acceptors (Lipinski definition) is 1. The van der Waals surface area contributed by atoms with Crippen molar-refractivity contribution < 1.29 is 5.11 Å². The molecule has 0 unspecified atom stereocenters. The summed E-state index contributed by atoms with van der Waals surface area (Å²) < 4.78 is 0. The zero-order chi connectivity index (χ0) is 10.4. The van der Waals surface area contributed by atoms with Gasteiger partial charge in [0.15, 0.2) is 0 Å². The van der Waals surface area contributed by atoms with E-state index < -0.39 is 11.5 Å². The molecule has 0 aliphatic heterocycles. The molecule has 0 radical (unpaired) electrons. The van der Waals surface area contributed by atoms with Crippen LogP contribution < -0.4 is 0 Å². The van der Waals surface area contributed by atoms with E-state index in [2.05, 4.69) is 6.58 Å². The molecule has 1 N–H and O–H groups in total. The van der Waals surface area contributed by atoms with E-state index in [9.17, 15) is 5.11 Å². The largest absolute Gasteiger partial charge is 0.387 e. The lowest BCUT2D eigenvalue weighted by Crippen LogP contribution is -2.14. The van der Waals surface area contributed by atoms with E-state index in [1.165, 1.54) is 6.08 Å². The Kier molecular flexibility index (Phi) is 4.44. The molecule has 0 amide bonds. The summed E-state index contributed by atoms with van der Waals surface area (Å²) in [4.78, 5) is 0. The van der Waals surface area contributed by atoms with E-state index in [1.807, 2.05) is 36.4 Å². The Morgan fingerprint density at radius 1 is 1.29 bits per heavy atom. The second kappa shape index (κ2) is 5.63. The van der Waals surface area contributed by atoms with Crippen molar-refractivity contribution in [3.8, 4) is 0 Å². The number of aliphatic hydroxyl groups is 1. The molecule has 0 heterocycles. The molecule has 2 atom stereocenters. The zero-order valence-electron chi connectivity index (χ0n) is 7.81. The number of benzene rings is 1. The first-order valence-corrected chi connectivity index (χ1v) is 4.85. The van der Waals surface area contributed by atoms with Gasteiger partial charge in [-0.25, -0.2) is 0 Å². The van der Waals surface area contributed by atoms with E-state index in [0.717, 1.165) is 5.56 Å². The molecule has 0 bridgehead atoms. The lowest BCUT2D eigenvalue weighted by atomic mass is 10.1. The molecule has 0 saturated carbocycles. The first-order valence-electron chi connectivity index (χ1n) is 4.42. The lowest BCUT2D eigenvalue weighted by molar-refractivity contribution is 0.231. The average molecular weight is 209 g/mol. The van der Waals surface area contributed by atoms with Crippen LogP contribution in [0.25, 0.3) is 6.08 Å². The fraction of sp³-hybridized carbons (Fsp3) is 0.167. The number of hydrogen-bond donors (Lipinski definition) is 1. The summed E-state index contributed by atoms with van der Waals surface area (Å²) in [6.45, 7) is 3.51. The Hall–Kier alpha value is -1.05. The molecular formula is C12H13ClO. The van der Waals surface area contributed by atoms with Gasteiger partial charge in [-0.2, -0.15) is 0 Å². The highest BCUT2D eigenvalue weighted by molar-refractivity contribution is 6.22. The third-order valence-corrected chi connectivity index (χ3v) is 2.27. The second-order valence-corrected chi connectivity index (χ2v) is 3.44. The van der Waals surface area contributed by atoms with Crippen molar-refractivity contribution in [2.45, 2.75) is 11.5 Å². The van der Waals surface area contributed by atoms with Crippen molar-refractivity contribution in [3.05, 3.63) is 54.6 Å². The van der Waals surface area contributed by atoms with E-state index in [4.69, 9.17) is 11.6 Å². The molecule has 1 nitrogen and oxygen atoms in total. The van der Waals surface area contributed by atoms with Gasteiger partial charge in [0.25, 0.3) is 0 Å². The summed E-state index contributed by atoms with van der Waals surface area (Å²) in [5, 5.41) is 9.05. The molecule has 0 fully saturated rings. The van der Waals surface area contributed by atoms with Crippen molar-refractivity contribution in [1.82, 2.24) is 0 Å². The van der Waals surface area contributed by atoms with Crippen LogP contribution in [-0.2, 0) is 0 Å². The lowest BCUT2D eigenvalue weighted by Gasteiger charge is -2.07. The predicted octanol–water partition coefficient (Wildman–Crippen LogP) is 2.85. The van der Waals surface area contributed by atoms with Crippen LogP contribution >= 0.6 is 11.6 Å². The van der Waals surface area contributed by atoms with Gasteiger partial charge in [0, 0.05) is 0 Å². The Balaban J connectivity index is 2.60. The van der Waals surface area contributed by atoms with Crippen molar-refractivity contribution in [2.75, 3.05) is 0 Å². The van der Waals surface area contributed by atoms with E-state index in [-0.39, 0.29) is 0 Å². The van der Waals surface area contributed by atoms with Crippen molar-refractivity contribution in [1.29, 1.82) is 0 Å². The number of alkyl halides is 1. The third kappa shape index (κ3) is 3.36. The van der Waals surface area contributed by atoms with Crippen molar-refractivity contribution >= 4 is 17.7 Å².